The number of nitrogens with zero attached hydrogens (tertiary/aromatic N) is 2. The van der Waals surface area contributed by atoms with E-state index in [1.165, 1.54) is 29.2 Å². The van der Waals surface area contributed by atoms with Crippen LogP contribution in [-0.2, 0) is 26.2 Å². The van der Waals surface area contributed by atoms with Gasteiger partial charge in [0.1, 0.15) is 11.9 Å². The average molecular weight is 556 g/mol. The number of halogens is 2. The van der Waals surface area contributed by atoms with Crippen molar-refractivity contribution in [1.82, 2.24) is 10.2 Å². The first-order chi connectivity index (χ1) is 15.9. The molecule has 0 aliphatic rings. The topological polar surface area (TPSA) is 86.8 Å². The zero-order valence-electron chi connectivity index (χ0n) is 19.8. The average Bonchev–Trinajstić information content (AvgIpc) is 2.75. The summed E-state index contributed by atoms with van der Waals surface area (Å²) in [6, 6.07) is 11.8. The van der Waals surface area contributed by atoms with Crippen molar-refractivity contribution < 1.29 is 22.4 Å². The lowest BCUT2D eigenvalue weighted by Crippen LogP contribution is -2.49. The third-order valence-corrected chi connectivity index (χ3v) is 6.85. The fourth-order valence-corrected chi connectivity index (χ4v) is 4.62. The molecule has 0 radical (unpaired) electrons. The number of nitrogens with one attached hydrogen (secondary N) is 1. The molecule has 2 rings (SSSR count). The Balaban J connectivity index is 2.15. The number of amides is 2. The SMILES string of the molecule is CC(C)NC(=O)[C@@H](C)N(Cc1ccc(Br)cc1)C(=O)CCCN(c1ccc(F)cc1)S(C)(=O)=O. The van der Waals surface area contributed by atoms with E-state index in [-0.39, 0.29) is 43.8 Å². The Morgan fingerprint density at radius 3 is 2.15 bits per heavy atom. The van der Waals surface area contributed by atoms with E-state index in [0.29, 0.717) is 5.69 Å². The molecule has 0 aromatic heterocycles. The van der Waals surface area contributed by atoms with Crippen molar-refractivity contribution >= 4 is 43.5 Å². The number of hydrogen-bond donors (Lipinski definition) is 1. The maximum absolute atomic E-state index is 13.3. The van der Waals surface area contributed by atoms with E-state index in [4.69, 9.17) is 0 Å². The van der Waals surface area contributed by atoms with Crippen LogP contribution >= 0.6 is 15.9 Å². The summed E-state index contributed by atoms with van der Waals surface area (Å²) in [5.74, 6) is -0.990. The van der Waals surface area contributed by atoms with Gasteiger partial charge in [-0.15, -0.1) is 0 Å². The van der Waals surface area contributed by atoms with Crippen molar-refractivity contribution in [2.75, 3.05) is 17.1 Å². The molecule has 1 N–H and O–H groups in total. The number of hydrogen-bond acceptors (Lipinski definition) is 4. The molecule has 0 saturated heterocycles. The van der Waals surface area contributed by atoms with Gasteiger partial charge in [-0.2, -0.15) is 0 Å². The van der Waals surface area contributed by atoms with E-state index in [1.54, 1.807) is 6.92 Å². The molecule has 0 fully saturated rings. The number of carbonyl (C=O) groups excluding carboxylic acids is 2. The number of anilines is 1. The van der Waals surface area contributed by atoms with Gasteiger partial charge in [-0.25, -0.2) is 12.8 Å². The molecule has 7 nitrogen and oxygen atoms in total. The summed E-state index contributed by atoms with van der Waals surface area (Å²) in [6.07, 6.45) is 1.35. The van der Waals surface area contributed by atoms with Gasteiger partial charge in [0.2, 0.25) is 21.8 Å². The van der Waals surface area contributed by atoms with Crippen LogP contribution in [0, 0.1) is 5.82 Å². The first-order valence-corrected chi connectivity index (χ1v) is 13.6. The minimum atomic E-state index is -3.63. The Morgan fingerprint density at radius 2 is 1.62 bits per heavy atom. The van der Waals surface area contributed by atoms with Crippen LogP contribution in [0.25, 0.3) is 0 Å². The Morgan fingerprint density at radius 1 is 1.03 bits per heavy atom. The molecule has 186 valence electrons. The van der Waals surface area contributed by atoms with E-state index in [1.807, 2.05) is 38.1 Å². The standard InChI is InChI=1S/C24H31BrFN3O4S/c1-17(2)27-24(31)18(3)28(16-19-7-9-20(25)10-8-19)23(30)6-5-15-29(34(4,32)33)22-13-11-21(26)12-14-22/h7-14,17-18H,5-6,15-16H2,1-4H3,(H,27,31)/t18-/m1/s1. The number of rotatable bonds is 11. The van der Waals surface area contributed by atoms with Gasteiger partial charge in [-0.05, 0) is 69.2 Å². The van der Waals surface area contributed by atoms with Gasteiger partial charge in [0.15, 0.2) is 0 Å². The van der Waals surface area contributed by atoms with Gasteiger partial charge in [-0.3, -0.25) is 13.9 Å². The first kappa shape index (κ1) is 27.8. The number of sulfonamides is 1. The lowest BCUT2D eigenvalue weighted by atomic mass is 10.1. The van der Waals surface area contributed by atoms with Crippen molar-refractivity contribution in [2.24, 2.45) is 0 Å². The highest BCUT2D eigenvalue weighted by Gasteiger charge is 2.27. The third kappa shape index (κ3) is 8.39. The van der Waals surface area contributed by atoms with Crippen LogP contribution in [0.1, 0.15) is 39.2 Å². The predicted octanol–water partition coefficient (Wildman–Crippen LogP) is 4.08. The molecule has 0 aliphatic carbocycles. The molecule has 0 saturated carbocycles. The summed E-state index contributed by atoms with van der Waals surface area (Å²) in [7, 11) is -3.63. The van der Waals surface area contributed by atoms with Crippen LogP contribution in [0.4, 0.5) is 10.1 Å². The van der Waals surface area contributed by atoms with Gasteiger partial charge in [0.25, 0.3) is 0 Å². The maximum atomic E-state index is 13.3. The smallest absolute Gasteiger partial charge is 0.242 e. The molecular formula is C24H31BrFN3O4S. The molecule has 2 amide bonds. The highest BCUT2D eigenvalue weighted by atomic mass is 79.9. The van der Waals surface area contributed by atoms with Gasteiger partial charge in [-0.1, -0.05) is 28.1 Å². The van der Waals surface area contributed by atoms with Crippen LogP contribution in [0.3, 0.4) is 0 Å². The summed E-state index contributed by atoms with van der Waals surface area (Å²) in [5.41, 5.74) is 1.19. The minimum absolute atomic E-state index is 0.0447. The molecule has 34 heavy (non-hydrogen) atoms. The van der Waals surface area contributed by atoms with Crippen molar-refractivity contribution in [3.8, 4) is 0 Å². The summed E-state index contributed by atoms with van der Waals surface area (Å²) in [4.78, 5) is 27.3. The van der Waals surface area contributed by atoms with E-state index < -0.39 is 21.9 Å². The largest absolute Gasteiger partial charge is 0.352 e. The second-order valence-electron chi connectivity index (χ2n) is 8.40. The zero-order chi connectivity index (χ0) is 25.5. The van der Waals surface area contributed by atoms with Crippen LogP contribution in [0.5, 0.6) is 0 Å². The lowest BCUT2D eigenvalue weighted by Gasteiger charge is -2.30. The van der Waals surface area contributed by atoms with E-state index in [9.17, 15) is 22.4 Å². The summed E-state index contributed by atoms with van der Waals surface area (Å²) in [5, 5.41) is 2.83. The van der Waals surface area contributed by atoms with E-state index in [0.717, 1.165) is 20.6 Å². The highest BCUT2D eigenvalue weighted by Crippen LogP contribution is 2.20. The Labute approximate surface area is 209 Å². The van der Waals surface area contributed by atoms with E-state index in [2.05, 4.69) is 21.2 Å². The predicted molar refractivity (Wildman–Crippen MR) is 135 cm³/mol. The fourth-order valence-electron chi connectivity index (χ4n) is 3.39. The zero-order valence-corrected chi connectivity index (χ0v) is 22.2. The fraction of sp³-hybridized carbons (Fsp3) is 0.417. The van der Waals surface area contributed by atoms with Crippen molar-refractivity contribution in [2.45, 2.75) is 52.2 Å². The number of carbonyl (C=O) groups is 2. The number of benzene rings is 2. The summed E-state index contributed by atoms with van der Waals surface area (Å²) < 4.78 is 39.9. The molecule has 0 spiro atoms. The lowest BCUT2D eigenvalue weighted by molar-refractivity contribution is -0.140. The normalized spacial score (nSPS) is 12.3. The summed E-state index contributed by atoms with van der Waals surface area (Å²) in [6.45, 7) is 5.67. The van der Waals surface area contributed by atoms with Crippen LogP contribution in [0.2, 0.25) is 0 Å². The first-order valence-electron chi connectivity index (χ1n) is 11.0. The quantitative estimate of drug-likeness (QED) is 0.452. The second-order valence-corrected chi connectivity index (χ2v) is 11.2. The minimum Gasteiger partial charge on any atom is -0.352 e. The van der Waals surface area contributed by atoms with Gasteiger partial charge in [0.05, 0.1) is 11.9 Å². The Bertz CT molecular complexity index is 1080. The van der Waals surface area contributed by atoms with Gasteiger partial charge < -0.3 is 10.2 Å². The van der Waals surface area contributed by atoms with Crippen LogP contribution in [-0.4, -0.2) is 50.0 Å². The molecule has 0 bridgehead atoms. The molecule has 0 heterocycles. The highest BCUT2D eigenvalue weighted by molar-refractivity contribution is 9.10. The van der Waals surface area contributed by atoms with Crippen molar-refractivity contribution in [3.05, 3.63) is 64.4 Å². The molecule has 2 aromatic rings. The molecule has 10 heteroatoms. The Hall–Kier alpha value is -2.46. The van der Waals surface area contributed by atoms with E-state index >= 15 is 0 Å². The molecular weight excluding hydrogens is 525 g/mol. The van der Waals surface area contributed by atoms with Crippen molar-refractivity contribution in [3.63, 3.8) is 0 Å². The molecule has 2 aromatic carbocycles. The molecule has 1 atom stereocenters. The summed E-state index contributed by atoms with van der Waals surface area (Å²) >= 11 is 3.39. The Kier molecular flexibility index (Phi) is 10.1. The monoisotopic (exact) mass is 555 g/mol. The maximum Gasteiger partial charge on any atom is 0.242 e. The van der Waals surface area contributed by atoms with Crippen LogP contribution < -0.4 is 9.62 Å². The molecule has 0 unspecified atom stereocenters. The third-order valence-electron chi connectivity index (χ3n) is 5.13. The van der Waals surface area contributed by atoms with Gasteiger partial charge in [0, 0.05) is 30.0 Å². The van der Waals surface area contributed by atoms with Gasteiger partial charge >= 0.3 is 0 Å². The second kappa shape index (κ2) is 12.3. The molecule has 0 aliphatic heterocycles. The van der Waals surface area contributed by atoms with Crippen molar-refractivity contribution in [1.29, 1.82) is 0 Å². The van der Waals surface area contributed by atoms with Crippen LogP contribution in [0.15, 0.2) is 53.0 Å².